The first-order valence-corrected chi connectivity index (χ1v) is 12.8. The zero-order valence-electron chi connectivity index (χ0n) is 19.4. The van der Waals surface area contributed by atoms with Crippen molar-refractivity contribution < 1.29 is 4.74 Å². The predicted molar refractivity (Wildman–Crippen MR) is 131 cm³/mol. The molecule has 0 spiro atoms. The normalized spacial score (nSPS) is 18.8. The highest BCUT2D eigenvalue weighted by molar-refractivity contribution is 6.32. The molecular formula is C27H39ClN2O. The molecule has 1 heterocycles. The lowest BCUT2D eigenvalue weighted by atomic mass is 9.78. The molecule has 0 radical (unpaired) electrons. The Balaban J connectivity index is 1.45. The molecule has 0 saturated heterocycles. The van der Waals surface area contributed by atoms with Gasteiger partial charge in [0.25, 0.3) is 0 Å². The molecule has 1 saturated carbocycles. The van der Waals surface area contributed by atoms with Crippen LogP contribution in [-0.4, -0.2) is 16.6 Å². The van der Waals surface area contributed by atoms with Gasteiger partial charge in [-0.15, -0.1) is 0 Å². The first-order chi connectivity index (χ1) is 15.2. The molecule has 1 aliphatic rings. The Morgan fingerprint density at radius 2 is 1.58 bits per heavy atom. The number of unbranched alkanes of at least 4 members (excludes halogenated alkanes) is 3. The van der Waals surface area contributed by atoms with E-state index in [0.29, 0.717) is 11.6 Å². The molecule has 3 nitrogen and oxygen atoms in total. The molecule has 3 rings (SSSR count). The number of ether oxygens (including phenoxy) is 1. The summed E-state index contributed by atoms with van der Waals surface area (Å²) in [6.07, 6.45) is 19.7. The molecule has 1 fully saturated rings. The second kappa shape index (κ2) is 13.1. The van der Waals surface area contributed by atoms with Gasteiger partial charge in [-0.25, -0.2) is 9.97 Å². The van der Waals surface area contributed by atoms with Gasteiger partial charge in [-0.05, 0) is 54.9 Å². The molecule has 0 aliphatic heterocycles. The van der Waals surface area contributed by atoms with Crippen LogP contribution in [0.2, 0.25) is 5.02 Å². The molecule has 2 aromatic rings. The summed E-state index contributed by atoms with van der Waals surface area (Å²) in [7, 11) is 0. The summed E-state index contributed by atoms with van der Waals surface area (Å²) in [5.41, 5.74) is 2.17. The number of nitrogens with zero attached hydrogens (tertiary/aromatic N) is 2. The highest BCUT2D eigenvalue weighted by Gasteiger charge is 2.20. The van der Waals surface area contributed by atoms with E-state index < -0.39 is 0 Å². The maximum absolute atomic E-state index is 6.39. The first-order valence-electron chi connectivity index (χ1n) is 12.4. The lowest BCUT2D eigenvalue weighted by Crippen LogP contribution is -2.15. The topological polar surface area (TPSA) is 35.0 Å². The maximum atomic E-state index is 6.39. The zero-order valence-corrected chi connectivity index (χ0v) is 20.2. The lowest BCUT2D eigenvalue weighted by Gasteiger charge is -2.28. The second-order valence-corrected chi connectivity index (χ2v) is 9.59. The Morgan fingerprint density at radius 3 is 2.23 bits per heavy atom. The fraction of sp³-hybridized carbons (Fsp3) is 0.630. The highest BCUT2D eigenvalue weighted by Crippen LogP contribution is 2.34. The fourth-order valence-electron chi connectivity index (χ4n) is 4.58. The van der Waals surface area contributed by atoms with Crippen LogP contribution in [0.25, 0.3) is 11.4 Å². The van der Waals surface area contributed by atoms with Crippen molar-refractivity contribution in [3.63, 3.8) is 0 Å². The van der Waals surface area contributed by atoms with E-state index in [1.165, 1.54) is 63.4 Å². The van der Waals surface area contributed by atoms with Crippen molar-refractivity contribution in [1.29, 1.82) is 0 Å². The van der Waals surface area contributed by atoms with E-state index in [9.17, 15) is 0 Å². The molecule has 0 amide bonds. The van der Waals surface area contributed by atoms with Crippen LogP contribution in [0.15, 0.2) is 30.6 Å². The quantitative estimate of drug-likeness (QED) is 0.310. The van der Waals surface area contributed by atoms with E-state index in [1.807, 2.05) is 30.6 Å². The minimum Gasteiger partial charge on any atom is -0.492 e. The lowest BCUT2D eigenvalue weighted by molar-refractivity contribution is 0.249. The van der Waals surface area contributed by atoms with Crippen LogP contribution in [0.3, 0.4) is 0 Å². The Labute approximate surface area is 194 Å². The summed E-state index contributed by atoms with van der Waals surface area (Å²) in [6.45, 7) is 5.14. The van der Waals surface area contributed by atoms with Crippen LogP contribution in [-0.2, 0) is 6.42 Å². The fourth-order valence-corrected chi connectivity index (χ4v) is 4.81. The summed E-state index contributed by atoms with van der Waals surface area (Å²) >= 11 is 6.39. The first kappa shape index (κ1) is 24.0. The van der Waals surface area contributed by atoms with Crippen LogP contribution in [0.4, 0.5) is 0 Å². The van der Waals surface area contributed by atoms with E-state index in [4.69, 9.17) is 16.3 Å². The van der Waals surface area contributed by atoms with E-state index in [-0.39, 0.29) is 0 Å². The summed E-state index contributed by atoms with van der Waals surface area (Å²) in [5.74, 6) is 3.32. The van der Waals surface area contributed by atoms with Gasteiger partial charge in [0.1, 0.15) is 5.75 Å². The monoisotopic (exact) mass is 442 g/mol. The van der Waals surface area contributed by atoms with Crippen molar-refractivity contribution in [1.82, 2.24) is 9.97 Å². The standard InChI is InChI=1S/C27H39ClN2O/c1-3-5-7-8-21-9-11-22(12-10-21)13-14-23-19-29-27(30-20-23)24-15-16-26(25(28)18-24)31-17-6-4-2/h15-16,18-22H,3-14,17H2,1-2H3. The number of halogens is 1. The third-order valence-corrected chi connectivity index (χ3v) is 6.97. The van der Waals surface area contributed by atoms with Crippen molar-refractivity contribution in [2.45, 2.75) is 90.9 Å². The Morgan fingerprint density at radius 1 is 0.903 bits per heavy atom. The predicted octanol–water partition coefficient (Wildman–Crippen LogP) is 8.30. The van der Waals surface area contributed by atoms with Gasteiger partial charge in [0.2, 0.25) is 0 Å². The molecule has 0 bridgehead atoms. The number of rotatable bonds is 12. The Kier molecular flexibility index (Phi) is 10.1. The third kappa shape index (κ3) is 7.79. The summed E-state index contributed by atoms with van der Waals surface area (Å²) in [5, 5.41) is 0.617. The zero-order chi connectivity index (χ0) is 21.9. The van der Waals surface area contributed by atoms with Crippen LogP contribution < -0.4 is 4.74 Å². The minimum atomic E-state index is 0.617. The molecule has 1 aromatic carbocycles. The largest absolute Gasteiger partial charge is 0.492 e. The van der Waals surface area contributed by atoms with Gasteiger partial charge in [-0.3, -0.25) is 0 Å². The number of aromatic nitrogens is 2. The van der Waals surface area contributed by atoms with Gasteiger partial charge in [-0.2, -0.15) is 0 Å². The van der Waals surface area contributed by atoms with Crippen molar-refractivity contribution in [3.05, 3.63) is 41.2 Å². The molecule has 1 aromatic heterocycles. The van der Waals surface area contributed by atoms with Crippen molar-refractivity contribution in [2.75, 3.05) is 6.61 Å². The molecule has 1 aliphatic carbocycles. The van der Waals surface area contributed by atoms with Crippen LogP contribution in [0.5, 0.6) is 5.75 Å². The average molecular weight is 443 g/mol. The Hall–Kier alpha value is -1.61. The summed E-state index contributed by atoms with van der Waals surface area (Å²) in [6, 6.07) is 5.81. The SMILES string of the molecule is CCCCCC1CCC(CCc2cnc(-c3ccc(OCCCC)c(Cl)c3)nc2)CC1. The van der Waals surface area contributed by atoms with Gasteiger partial charge < -0.3 is 4.74 Å². The van der Waals surface area contributed by atoms with Gasteiger partial charge in [0, 0.05) is 18.0 Å². The van der Waals surface area contributed by atoms with E-state index >= 15 is 0 Å². The van der Waals surface area contributed by atoms with E-state index in [2.05, 4.69) is 23.8 Å². The Bertz CT molecular complexity index is 769. The second-order valence-electron chi connectivity index (χ2n) is 9.18. The number of hydrogen-bond acceptors (Lipinski definition) is 3. The molecular weight excluding hydrogens is 404 g/mol. The third-order valence-electron chi connectivity index (χ3n) is 6.67. The smallest absolute Gasteiger partial charge is 0.159 e. The van der Waals surface area contributed by atoms with Gasteiger partial charge in [0.15, 0.2) is 5.82 Å². The summed E-state index contributed by atoms with van der Waals surface area (Å²) < 4.78 is 5.73. The molecule has 0 atom stereocenters. The summed E-state index contributed by atoms with van der Waals surface area (Å²) in [4.78, 5) is 9.20. The molecule has 31 heavy (non-hydrogen) atoms. The highest BCUT2D eigenvalue weighted by atomic mass is 35.5. The average Bonchev–Trinajstić information content (AvgIpc) is 2.80. The van der Waals surface area contributed by atoms with Gasteiger partial charge in [0.05, 0.1) is 11.6 Å². The van der Waals surface area contributed by atoms with E-state index in [0.717, 1.165) is 48.2 Å². The maximum Gasteiger partial charge on any atom is 0.159 e. The van der Waals surface area contributed by atoms with Crippen molar-refractivity contribution in [3.8, 4) is 17.1 Å². The van der Waals surface area contributed by atoms with Gasteiger partial charge in [-0.1, -0.05) is 83.2 Å². The van der Waals surface area contributed by atoms with Gasteiger partial charge >= 0.3 is 0 Å². The number of benzene rings is 1. The molecule has 0 unspecified atom stereocenters. The number of hydrogen-bond donors (Lipinski definition) is 0. The van der Waals surface area contributed by atoms with Crippen LogP contribution in [0, 0.1) is 11.8 Å². The van der Waals surface area contributed by atoms with Crippen LogP contribution >= 0.6 is 11.6 Å². The molecule has 0 N–H and O–H groups in total. The van der Waals surface area contributed by atoms with Crippen LogP contribution in [0.1, 0.15) is 90.0 Å². The molecule has 4 heteroatoms. The van der Waals surface area contributed by atoms with E-state index in [1.54, 1.807) is 0 Å². The van der Waals surface area contributed by atoms with Crippen molar-refractivity contribution in [2.24, 2.45) is 11.8 Å². The van der Waals surface area contributed by atoms with Crippen molar-refractivity contribution >= 4 is 11.6 Å². The number of aryl methyl sites for hydroxylation is 1. The minimum absolute atomic E-state index is 0.617. The molecule has 170 valence electrons.